The lowest BCUT2D eigenvalue weighted by molar-refractivity contribution is -0.139. The number of hydrogen-bond donors (Lipinski definition) is 2. The van der Waals surface area contributed by atoms with Gasteiger partial charge in [0.25, 0.3) is 0 Å². The number of rotatable bonds is 8. The van der Waals surface area contributed by atoms with Crippen LogP contribution in [0.3, 0.4) is 0 Å². The predicted molar refractivity (Wildman–Crippen MR) is 67.0 cm³/mol. The smallest absolute Gasteiger partial charge is 0.320 e. The van der Waals surface area contributed by atoms with Gasteiger partial charge in [-0.1, -0.05) is 6.42 Å². The van der Waals surface area contributed by atoms with E-state index in [4.69, 9.17) is 5.11 Å². The van der Waals surface area contributed by atoms with Crippen molar-refractivity contribution >= 4 is 5.97 Å². The van der Waals surface area contributed by atoms with E-state index in [0.29, 0.717) is 6.04 Å². The Bertz CT molecular complexity index is 262. The van der Waals surface area contributed by atoms with E-state index in [9.17, 15) is 4.79 Å². The highest BCUT2D eigenvalue weighted by atomic mass is 16.4. The van der Waals surface area contributed by atoms with Crippen LogP contribution in [0.15, 0.2) is 0 Å². The molecule has 1 unspecified atom stereocenters. The molecule has 2 N–H and O–H groups in total. The molecule has 1 atom stereocenters. The van der Waals surface area contributed by atoms with Crippen molar-refractivity contribution in [2.24, 2.45) is 5.92 Å². The van der Waals surface area contributed by atoms with E-state index < -0.39 is 5.97 Å². The normalized spacial score (nSPS) is 22.5. The summed E-state index contributed by atoms with van der Waals surface area (Å²) < 4.78 is 0. The van der Waals surface area contributed by atoms with Crippen molar-refractivity contribution in [3.05, 3.63) is 0 Å². The molecule has 0 heterocycles. The van der Waals surface area contributed by atoms with Crippen molar-refractivity contribution in [1.29, 1.82) is 0 Å². The van der Waals surface area contributed by atoms with Crippen LogP contribution < -0.4 is 5.32 Å². The molecule has 17 heavy (non-hydrogen) atoms. The van der Waals surface area contributed by atoms with Crippen LogP contribution in [0.25, 0.3) is 0 Å². The number of aliphatic carboxylic acids is 1. The zero-order valence-electron chi connectivity index (χ0n) is 10.7. The molecule has 0 spiro atoms. The van der Waals surface area contributed by atoms with Gasteiger partial charge in [0.15, 0.2) is 0 Å². The molecule has 4 heteroatoms. The Kier molecular flexibility index (Phi) is 4.40. The van der Waals surface area contributed by atoms with Gasteiger partial charge in [0.2, 0.25) is 0 Å². The second kappa shape index (κ2) is 5.83. The largest absolute Gasteiger partial charge is 0.480 e. The van der Waals surface area contributed by atoms with Crippen LogP contribution in [0.5, 0.6) is 0 Å². The van der Waals surface area contributed by atoms with Gasteiger partial charge in [0.05, 0.1) is 0 Å². The van der Waals surface area contributed by atoms with Gasteiger partial charge in [-0.2, -0.15) is 0 Å². The maximum absolute atomic E-state index is 11.1. The summed E-state index contributed by atoms with van der Waals surface area (Å²) in [7, 11) is 2.11. The first-order valence-corrected chi connectivity index (χ1v) is 6.82. The third-order valence-corrected chi connectivity index (χ3v) is 3.91. The first-order chi connectivity index (χ1) is 8.15. The summed E-state index contributed by atoms with van der Waals surface area (Å²) >= 11 is 0. The lowest BCUT2D eigenvalue weighted by atomic mass is 9.85. The minimum Gasteiger partial charge on any atom is -0.480 e. The number of carboxylic acid groups (broad SMARTS) is 1. The average Bonchev–Trinajstić information content (AvgIpc) is 3.01. The molecule has 2 saturated carbocycles. The van der Waals surface area contributed by atoms with E-state index in [1.165, 1.54) is 19.3 Å². The van der Waals surface area contributed by atoms with E-state index in [1.54, 1.807) is 0 Å². The molecule has 0 radical (unpaired) electrons. The second-order valence-electron chi connectivity index (χ2n) is 5.68. The SMILES string of the molecule is CN(CCC(NC1CC1)C(=O)O)CC1CCC1. The van der Waals surface area contributed by atoms with Gasteiger partial charge in [-0.25, -0.2) is 0 Å². The summed E-state index contributed by atoms with van der Waals surface area (Å²) in [6.45, 7) is 2.02. The summed E-state index contributed by atoms with van der Waals surface area (Å²) in [5.41, 5.74) is 0. The quantitative estimate of drug-likeness (QED) is 0.672. The molecule has 2 rings (SSSR count). The van der Waals surface area contributed by atoms with Crippen molar-refractivity contribution in [2.45, 2.75) is 50.6 Å². The van der Waals surface area contributed by atoms with Crippen LogP contribution in [-0.2, 0) is 4.79 Å². The second-order valence-corrected chi connectivity index (χ2v) is 5.68. The van der Waals surface area contributed by atoms with Crippen LogP contribution in [0.4, 0.5) is 0 Å². The number of carbonyl (C=O) groups is 1. The summed E-state index contributed by atoms with van der Waals surface area (Å²) in [6.07, 6.45) is 7.08. The van der Waals surface area contributed by atoms with E-state index in [1.807, 2.05) is 0 Å². The molecule has 2 aliphatic rings. The first-order valence-electron chi connectivity index (χ1n) is 6.82. The Balaban J connectivity index is 1.64. The molecule has 0 aromatic carbocycles. The fourth-order valence-corrected chi connectivity index (χ4v) is 2.37. The van der Waals surface area contributed by atoms with Gasteiger partial charge in [0, 0.05) is 12.6 Å². The third kappa shape index (κ3) is 4.28. The average molecular weight is 240 g/mol. The van der Waals surface area contributed by atoms with Gasteiger partial charge in [0.1, 0.15) is 6.04 Å². The monoisotopic (exact) mass is 240 g/mol. The van der Waals surface area contributed by atoms with Crippen LogP contribution in [0, 0.1) is 5.92 Å². The van der Waals surface area contributed by atoms with E-state index >= 15 is 0 Å². The van der Waals surface area contributed by atoms with Gasteiger partial charge >= 0.3 is 5.97 Å². The minimum absolute atomic E-state index is 0.355. The van der Waals surface area contributed by atoms with Crippen LogP contribution in [0.2, 0.25) is 0 Å². The van der Waals surface area contributed by atoms with Crippen molar-refractivity contribution in [1.82, 2.24) is 10.2 Å². The van der Waals surface area contributed by atoms with Crippen molar-refractivity contribution in [2.75, 3.05) is 20.1 Å². The van der Waals surface area contributed by atoms with Gasteiger partial charge in [-0.3, -0.25) is 4.79 Å². The molecule has 0 aromatic rings. The summed E-state index contributed by atoms with van der Waals surface area (Å²) in [6, 6.07) is 0.111. The highest BCUT2D eigenvalue weighted by Crippen LogP contribution is 2.26. The van der Waals surface area contributed by atoms with Crippen LogP contribution >= 0.6 is 0 Å². The Hall–Kier alpha value is -0.610. The zero-order valence-corrected chi connectivity index (χ0v) is 10.7. The molecule has 2 aliphatic carbocycles. The van der Waals surface area contributed by atoms with Crippen LogP contribution in [0.1, 0.15) is 38.5 Å². The lowest BCUT2D eigenvalue weighted by Gasteiger charge is -2.30. The number of nitrogens with zero attached hydrogens (tertiary/aromatic N) is 1. The van der Waals surface area contributed by atoms with Crippen LogP contribution in [-0.4, -0.2) is 48.2 Å². The molecule has 0 aromatic heterocycles. The van der Waals surface area contributed by atoms with Crippen molar-refractivity contribution in [3.8, 4) is 0 Å². The van der Waals surface area contributed by atoms with E-state index in [-0.39, 0.29) is 6.04 Å². The lowest BCUT2D eigenvalue weighted by Crippen LogP contribution is -2.41. The van der Waals surface area contributed by atoms with Gasteiger partial charge in [-0.05, 0) is 51.6 Å². The van der Waals surface area contributed by atoms with Gasteiger partial charge in [-0.15, -0.1) is 0 Å². The van der Waals surface area contributed by atoms with Crippen molar-refractivity contribution < 1.29 is 9.90 Å². The molecule has 0 bridgehead atoms. The maximum atomic E-state index is 11.1. The number of hydrogen-bond acceptors (Lipinski definition) is 3. The van der Waals surface area contributed by atoms with Gasteiger partial charge < -0.3 is 15.3 Å². The molecule has 0 aliphatic heterocycles. The maximum Gasteiger partial charge on any atom is 0.320 e. The minimum atomic E-state index is -0.700. The summed E-state index contributed by atoms with van der Waals surface area (Å²) in [4.78, 5) is 13.4. The topological polar surface area (TPSA) is 52.6 Å². The van der Waals surface area contributed by atoms with E-state index in [0.717, 1.165) is 38.3 Å². The molecule has 0 amide bonds. The summed E-state index contributed by atoms with van der Waals surface area (Å²) in [5, 5.41) is 12.3. The Morgan fingerprint density at radius 2 is 2.12 bits per heavy atom. The van der Waals surface area contributed by atoms with Crippen molar-refractivity contribution in [3.63, 3.8) is 0 Å². The standard InChI is InChI=1S/C13H24N2O2/c1-15(9-10-3-2-4-10)8-7-12(13(16)17)14-11-5-6-11/h10-12,14H,2-9H2,1H3,(H,16,17). The predicted octanol–water partition coefficient (Wildman–Crippen LogP) is 1.31. The Morgan fingerprint density at radius 3 is 2.59 bits per heavy atom. The zero-order chi connectivity index (χ0) is 12.3. The fourth-order valence-electron chi connectivity index (χ4n) is 2.37. The fraction of sp³-hybridized carbons (Fsp3) is 0.923. The molecular formula is C13H24N2O2. The third-order valence-electron chi connectivity index (χ3n) is 3.91. The molecular weight excluding hydrogens is 216 g/mol. The molecule has 2 fully saturated rings. The molecule has 98 valence electrons. The number of nitrogens with one attached hydrogen (secondary N) is 1. The van der Waals surface area contributed by atoms with E-state index in [2.05, 4.69) is 17.3 Å². The molecule has 0 saturated heterocycles. The number of carboxylic acids is 1. The molecule has 4 nitrogen and oxygen atoms in total. The Labute approximate surface area is 103 Å². The Morgan fingerprint density at radius 1 is 1.41 bits per heavy atom. The first kappa shape index (κ1) is 12.8. The highest BCUT2D eigenvalue weighted by molar-refractivity contribution is 5.73. The summed E-state index contributed by atoms with van der Waals surface area (Å²) in [5.74, 6) is 0.161. The highest BCUT2D eigenvalue weighted by Gasteiger charge is 2.28.